The highest BCUT2D eigenvalue weighted by atomic mass is 16.6. The predicted octanol–water partition coefficient (Wildman–Crippen LogP) is 2.27. The van der Waals surface area contributed by atoms with Gasteiger partial charge in [0.1, 0.15) is 17.5 Å². The molecule has 0 aliphatic heterocycles. The largest absolute Gasteiger partial charge is 0.495 e. The normalized spacial score (nSPS) is 9.78. The number of nitriles is 1. The summed E-state index contributed by atoms with van der Waals surface area (Å²) in [7, 11) is 1.47. The third kappa shape index (κ3) is 1.89. The zero-order chi connectivity index (χ0) is 13.1. The van der Waals surface area contributed by atoms with Gasteiger partial charge < -0.3 is 9.30 Å². The molecule has 0 fully saturated rings. The fraction of sp³-hybridized carbons (Fsp3) is 0.0833. The van der Waals surface area contributed by atoms with Crippen molar-refractivity contribution in [2.24, 2.45) is 0 Å². The third-order valence-corrected chi connectivity index (χ3v) is 2.50. The van der Waals surface area contributed by atoms with Gasteiger partial charge in [-0.05, 0) is 18.2 Å². The number of non-ortho nitro benzene ring substituents is 1. The van der Waals surface area contributed by atoms with Gasteiger partial charge in [0.05, 0.1) is 17.7 Å². The van der Waals surface area contributed by atoms with E-state index in [2.05, 4.69) is 0 Å². The van der Waals surface area contributed by atoms with Crippen LogP contribution in [0.15, 0.2) is 36.5 Å². The number of hydrogen-bond acceptors (Lipinski definition) is 4. The molecular weight excluding hydrogens is 234 g/mol. The van der Waals surface area contributed by atoms with Crippen LogP contribution in [0.5, 0.6) is 5.75 Å². The van der Waals surface area contributed by atoms with Gasteiger partial charge in [-0.3, -0.25) is 10.1 Å². The van der Waals surface area contributed by atoms with Crippen LogP contribution < -0.4 is 4.74 Å². The first-order valence-corrected chi connectivity index (χ1v) is 5.07. The number of nitro groups is 1. The summed E-state index contributed by atoms with van der Waals surface area (Å²) in [5.41, 5.74) is 0.797. The number of rotatable bonds is 3. The molecule has 1 aromatic heterocycles. The smallest absolute Gasteiger partial charge is 0.271 e. The topological polar surface area (TPSA) is 81.1 Å². The van der Waals surface area contributed by atoms with E-state index in [-0.39, 0.29) is 5.69 Å². The highest BCUT2D eigenvalue weighted by Gasteiger charge is 2.14. The number of hydrogen-bond donors (Lipinski definition) is 0. The number of aromatic nitrogens is 1. The molecule has 18 heavy (non-hydrogen) atoms. The van der Waals surface area contributed by atoms with Crippen molar-refractivity contribution in [3.63, 3.8) is 0 Å². The van der Waals surface area contributed by atoms with Crippen LogP contribution in [0.4, 0.5) is 5.69 Å². The van der Waals surface area contributed by atoms with Crippen LogP contribution in [-0.4, -0.2) is 16.6 Å². The van der Waals surface area contributed by atoms with Crippen molar-refractivity contribution in [2.75, 3.05) is 7.11 Å². The summed E-state index contributed by atoms with van der Waals surface area (Å²) in [4.78, 5) is 10.3. The minimum Gasteiger partial charge on any atom is -0.495 e. The maximum absolute atomic E-state index is 10.8. The van der Waals surface area contributed by atoms with E-state index in [9.17, 15) is 10.1 Å². The first kappa shape index (κ1) is 11.7. The van der Waals surface area contributed by atoms with E-state index in [1.165, 1.54) is 25.3 Å². The molecular formula is C12H9N3O3. The maximum atomic E-state index is 10.8. The Hall–Kier alpha value is -2.81. The van der Waals surface area contributed by atoms with Crippen molar-refractivity contribution < 1.29 is 9.66 Å². The van der Waals surface area contributed by atoms with Crippen LogP contribution in [-0.2, 0) is 0 Å². The summed E-state index contributed by atoms with van der Waals surface area (Å²) >= 11 is 0. The van der Waals surface area contributed by atoms with Crippen LogP contribution >= 0.6 is 0 Å². The van der Waals surface area contributed by atoms with Crippen LogP contribution in [0.2, 0.25) is 0 Å². The van der Waals surface area contributed by atoms with Crippen molar-refractivity contribution in [3.8, 4) is 17.5 Å². The van der Waals surface area contributed by atoms with E-state index >= 15 is 0 Å². The summed E-state index contributed by atoms with van der Waals surface area (Å²) in [6.45, 7) is 0. The Labute approximate surface area is 103 Å². The van der Waals surface area contributed by atoms with E-state index in [1.54, 1.807) is 22.9 Å². The number of nitro benzene ring substituents is 1. The molecule has 0 bridgehead atoms. The molecule has 0 N–H and O–H groups in total. The molecule has 0 aliphatic rings. The quantitative estimate of drug-likeness (QED) is 0.611. The van der Waals surface area contributed by atoms with E-state index in [0.29, 0.717) is 17.1 Å². The molecule has 6 nitrogen and oxygen atoms in total. The lowest BCUT2D eigenvalue weighted by Crippen LogP contribution is -2.00. The van der Waals surface area contributed by atoms with Crippen molar-refractivity contribution in [1.82, 2.24) is 4.57 Å². The monoisotopic (exact) mass is 243 g/mol. The molecule has 0 aliphatic carbocycles. The number of benzene rings is 1. The summed E-state index contributed by atoms with van der Waals surface area (Å²) in [6, 6.07) is 9.57. The van der Waals surface area contributed by atoms with Crippen LogP contribution in [0.25, 0.3) is 5.69 Å². The summed E-state index contributed by atoms with van der Waals surface area (Å²) in [5, 5.41) is 19.7. The molecule has 0 saturated carbocycles. The first-order chi connectivity index (χ1) is 8.67. The zero-order valence-corrected chi connectivity index (χ0v) is 9.53. The Morgan fingerprint density at radius 3 is 2.83 bits per heavy atom. The van der Waals surface area contributed by atoms with Gasteiger partial charge in [-0.25, -0.2) is 0 Å². The number of nitrogens with zero attached hydrogens (tertiary/aromatic N) is 3. The maximum Gasteiger partial charge on any atom is 0.271 e. The molecule has 1 aromatic carbocycles. The van der Waals surface area contributed by atoms with Crippen molar-refractivity contribution in [3.05, 3.63) is 52.3 Å². The molecule has 0 spiro atoms. The standard InChI is InChI=1S/C12H9N3O3/c1-18-12-5-4-9(15(16)17)7-11(12)14-6-2-3-10(14)8-13/h2-7H,1H3. The number of ether oxygens (including phenoxy) is 1. The molecule has 0 unspecified atom stereocenters. The van der Waals surface area contributed by atoms with Gasteiger partial charge in [0.15, 0.2) is 0 Å². The second kappa shape index (κ2) is 4.59. The molecule has 2 rings (SSSR count). The van der Waals surface area contributed by atoms with Gasteiger partial charge in [0.25, 0.3) is 5.69 Å². The highest BCUT2D eigenvalue weighted by molar-refractivity contribution is 5.55. The molecule has 6 heteroatoms. The minimum atomic E-state index is -0.488. The molecule has 0 radical (unpaired) electrons. The number of methoxy groups -OCH3 is 1. The Morgan fingerprint density at radius 2 is 2.22 bits per heavy atom. The Kier molecular flexibility index (Phi) is 2.98. The second-order valence-electron chi connectivity index (χ2n) is 3.49. The second-order valence-corrected chi connectivity index (χ2v) is 3.49. The van der Waals surface area contributed by atoms with Gasteiger partial charge >= 0.3 is 0 Å². The molecule has 90 valence electrons. The van der Waals surface area contributed by atoms with Gasteiger partial charge in [0.2, 0.25) is 0 Å². The summed E-state index contributed by atoms with van der Waals surface area (Å²) in [6.07, 6.45) is 1.65. The first-order valence-electron chi connectivity index (χ1n) is 5.07. The lowest BCUT2D eigenvalue weighted by Gasteiger charge is -2.10. The third-order valence-electron chi connectivity index (χ3n) is 2.50. The van der Waals surface area contributed by atoms with Crippen LogP contribution in [0, 0.1) is 21.4 Å². The van der Waals surface area contributed by atoms with E-state index in [0.717, 1.165) is 0 Å². The molecule has 0 atom stereocenters. The SMILES string of the molecule is COc1ccc([N+](=O)[O-])cc1-n1cccc1C#N. The molecule has 1 heterocycles. The molecule has 2 aromatic rings. The Balaban J connectivity index is 2.65. The average Bonchev–Trinajstić information content (AvgIpc) is 2.85. The van der Waals surface area contributed by atoms with Gasteiger partial charge in [-0.2, -0.15) is 5.26 Å². The lowest BCUT2D eigenvalue weighted by atomic mass is 10.2. The van der Waals surface area contributed by atoms with Crippen molar-refractivity contribution >= 4 is 5.69 Å². The van der Waals surface area contributed by atoms with Gasteiger partial charge in [-0.15, -0.1) is 0 Å². The summed E-state index contributed by atoms with van der Waals surface area (Å²) in [5.74, 6) is 0.466. The molecule has 0 amide bonds. The predicted molar refractivity (Wildman–Crippen MR) is 63.7 cm³/mol. The fourth-order valence-corrected chi connectivity index (χ4v) is 1.66. The van der Waals surface area contributed by atoms with Crippen molar-refractivity contribution in [1.29, 1.82) is 5.26 Å². The van der Waals surface area contributed by atoms with E-state index in [4.69, 9.17) is 10.00 Å². The average molecular weight is 243 g/mol. The van der Waals surface area contributed by atoms with Crippen molar-refractivity contribution in [2.45, 2.75) is 0 Å². The fourth-order valence-electron chi connectivity index (χ4n) is 1.66. The van der Waals surface area contributed by atoms with E-state index in [1.807, 2.05) is 6.07 Å². The molecule has 0 saturated heterocycles. The minimum absolute atomic E-state index is 0.0524. The Bertz CT molecular complexity index is 640. The zero-order valence-electron chi connectivity index (χ0n) is 9.53. The van der Waals surface area contributed by atoms with Gasteiger partial charge in [-0.1, -0.05) is 0 Å². The Morgan fingerprint density at radius 1 is 1.44 bits per heavy atom. The highest BCUT2D eigenvalue weighted by Crippen LogP contribution is 2.28. The van der Waals surface area contributed by atoms with Crippen LogP contribution in [0.3, 0.4) is 0 Å². The lowest BCUT2D eigenvalue weighted by molar-refractivity contribution is -0.384. The summed E-state index contributed by atoms with van der Waals surface area (Å²) < 4.78 is 6.70. The van der Waals surface area contributed by atoms with Gasteiger partial charge in [0, 0.05) is 18.3 Å². The van der Waals surface area contributed by atoms with E-state index < -0.39 is 4.92 Å². The van der Waals surface area contributed by atoms with Crippen LogP contribution in [0.1, 0.15) is 5.69 Å².